The lowest BCUT2D eigenvalue weighted by atomic mass is 10.0. The molecular weight excluding hydrogens is 403 g/mol. The Morgan fingerprint density at radius 3 is 2.17 bits per heavy atom. The van der Waals surface area contributed by atoms with E-state index in [9.17, 15) is 4.79 Å². The number of rotatable bonds is 2. The van der Waals surface area contributed by atoms with Crippen LogP contribution in [0.1, 0.15) is 15.9 Å². The number of benzene rings is 2. The predicted octanol–water partition coefficient (Wildman–Crippen LogP) is 5.75. The highest BCUT2D eigenvalue weighted by Gasteiger charge is 2.14. The van der Waals surface area contributed by atoms with Crippen molar-refractivity contribution < 1.29 is 4.79 Å². The molecule has 92 valence electrons. The van der Waals surface area contributed by atoms with Gasteiger partial charge in [-0.05, 0) is 36.4 Å². The van der Waals surface area contributed by atoms with Crippen molar-refractivity contribution in [1.82, 2.24) is 0 Å². The molecule has 2 aromatic carbocycles. The van der Waals surface area contributed by atoms with E-state index in [-0.39, 0.29) is 5.78 Å². The van der Waals surface area contributed by atoms with Gasteiger partial charge in [0.05, 0.1) is 5.02 Å². The lowest BCUT2D eigenvalue weighted by molar-refractivity contribution is 0.103. The van der Waals surface area contributed by atoms with Crippen molar-refractivity contribution >= 4 is 60.8 Å². The number of hydrogen-bond acceptors (Lipinski definition) is 1. The molecule has 2 rings (SSSR count). The van der Waals surface area contributed by atoms with E-state index in [4.69, 9.17) is 23.2 Å². The summed E-state index contributed by atoms with van der Waals surface area (Å²) in [6, 6.07) is 10.2. The summed E-state index contributed by atoms with van der Waals surface area (Å²) in [6.07, 6.45) is 0. The Morgan fingerprint density at radius 2 is 1.56 bits per heavy atom. The van der Waals surface area contributed by atoms with Crippen molar-refractivity contribution in [2.75, 3.05) is 0 Å². The zero-order chi connectivity index (χ0) is 13.3. The van der Waals surface area contributed by atoms with Crippen molar-refractivity contribution in [3.05, 3.63) is 66.5 Å². The number of carbonyl (C=O) groups excluding carboxylic acids is 1. The van der Waals surface area contributed by atoms with E-state index in [1.165, 1.54) is 0 Å². The number of halogens is 4. The lowest BCUT2D eigenvalue weighted by Gasteiger charge is -2.05. The van der Waals surface area contributed by atoms with E-state index in [1.807, 2.05) is 6.07 Å². The van der Waals surface area contributed by atoms with E-state index in [1.54, 1.807) is 30.3 Å². The van der Waals surface area contributed by atoms with Crippen LogP contribution in [0.15, 0.2) is 45.3 Å². The minimum Gasteiger partial charge on any atom is -0.289 e. The van der Waals surface area contributed by atoms with Crippen molar-refractivity contribution in [1.29, 1.82) is 0 Å². The summed E-state index contributed by atoms with van der Waals surface area (Å²) >= 11 is 18.6. The molecule has 0 aliphatic rings. The molecule has 0 atom stereocenters. The molecule has 0 aromatic heterocycles. The van der Waals surface area contributed by atoms with Gasteiger partial charge in [0.1, 0.15) is 0 Å². The standard InChI is InChI=1S/C13H6Br2Cl2O/c14-8-3-7(4-9(15)5-8)13(18)11-6-10(16)1-2-12(11)17/h1-6H. The quantitative estimate of drug-likeness (QED) is 0.578. The summed E-state index contributed by atoms with van der Waals surface area (Å²) in [6.45, 7) is 0. The monoisotopic (exact) mass is 406 g/mol. The first-order valence-corrected chi connectivity index (χ1v) is 7.27. The van der Waals surface area contributed by atoms with Crippen LogP contribution < -0.4 is 0 Å². The van der Waals surface area contributed by atoms with Gasteiger partial charge in [0.2, 0.25) is 0 Å². The molecule has 0 N–H and O–H groups in total. The van der Waals surface area contributed by atoms with Crippen molar-refractivity contribution in [2.24, 2.45) is 0 Å². The van der Waals surface area contributed by atoms with E-state index < -0.39 is 0 Å². The maximum atomic E-state index is 12.3. The molecule has 0 saturated carbocycles. The fraction of sp³-hybridized carbons (Fsp3) is 0. The van der Waals surface area contributed by atoms with Crippen LogP contribution >= 0.6 is 55.1 Å². The van der Waals surface area contributed by atoms with Crippen LogP contribution in [0, 0.1) is 0 Å². The average molecular weight is 409 g/mol. The summed E-state index contributed by atoms with van der Waals surface area (Å²) in [7, 11) is 0. The van der Waals surface area contributed by atoms with Gasteiger partial charge in [-0.2, -0.15) is 0 Å². The second-order valence-corrected chi connectivity index (χ2v) is 6.29. The fourth-order valence-corrected chi connectivity index (χ4v) is 3.18. The summed E-state index contributed by atoms with van der Waals surface area (Å²) in [5.41, 5.74) is 0.939. The Hall–Kier alpha value is -0.350. The minimum atomic E-state index is -0.162. The third kappa shape index (κ3) is 3.15. The number of hydrogen-bond donors (Lipinski definition) is 0. The van der Waals surface area contributed by atoms with Gasteiger partial charge in [-0.1, -0.05) is 55.1 Å². The van der Waals surface area contributed by atoms with Gasteiger partial charge >= 0.3 is 0 Å². The van der Waals surface area contributed by atoms with Gasteiger partial charge < -0.3 is 0 Å². The van der Waals surface area contributed by atoms with Crippen molar-refractivity contribution in [3.8, 4) is 0 Å². The summed E-state index contributed by atoms with van der Waals surface area (Å²) in [5.74, 6) is -0.162. The maximum Gasteiger partial charge on any atom is 0.194 e. The van der Waals surface area contributed by atoms with Gasteiger partial charge in [-0.25, -0.2) is 0 Å². The smallest absolute Gasteiger partial charge is 0.194 e. The van der Waals surface area contributed by atoms with Gasteiger partial charge in [-0.15, -0.1) is 0 Å². The second-order valence-electron chi connectivity index (χ2n) is 3.61. The lowest BCUT2D eigenvalue weighted by Crippen LogP contribution is -2.02. The molecule has 18 heavy (non-hydrogen) atoms. The molecule has 0 heterocycles. The molecule has 2 aromatic rings. The molecular formula is C13H6Br2Cl2O. The van der Waals surface area contributed by atoms with Gasteiger partial charge in [0.25, 0.3) is 0 Å². The van der Waals surface area contributed by atoms with Gasteiger partial charge in [-0.3, -0.25) is 4.79 Å². The Labute approximate surface area is 131 Å². The van der Waals surface area contributed by atoms with E-state index in [2.05, 4.69) is 31.9 Å². The van der Waals surface area contributed by atoms with Crippen LogP contribution in [0.4, 0.5) is 0 Å². The zero-order valence-corrected chi connectivity index (χ0v) is 13.6. The molecule has 0 aliphatic carbocycles. The van der Waals surface area contributed by atoms with Gasteiger partial charge in [0.15, 0.2) is 5.78 Å². The van der Waals surface area contributed by atoms with Crippen LogP contribution in [0.25, 0.3) is 0 Å². The average Bonchev–Trinajstić information content (AvgIpc) is 2.30. The summed E-state index contributed by atoms with van der Waals surface area (Å²) in [5, 5.41) is 0.873. The fourth-order valence-electron chi connectivity index (χ4n) is 1.51. The maximum absolute atomic E-state index is 12.3. The SMILES string of the molecule is O=C(c1cc(Br)cc(Br)c1)c1cc(Cl)ccc1Cl. The Bertz CT molecular complexity index is 606. The predicted molar refractivity (Wildman–Crippen MR) is 81.7 cm³/mol. The van der Waals surface area contributed by atoms with Crippen LogP contribution in [0.3, 0.4) is 0 Å². The Morgan fingerprint density at radius 1 is 0.944 bits per heavy atom. The number of carbonyl (C=O) groups is 1. The van der Waals surface area contributed by atoms with E-state index in [0.717, 1.165) is 8.95 Å². The third-order valence-corrected chi connectivity index (χ3v) is 3.78. The van der Waals surface area contributed by atoms with Crippen LogP contribution in [-0.2, 0) is 0 Å². The molecule has 5 heteroatoms. The minimum absolute atomic E-state index is 0.162. The first-order chi connectivity index (χ1) is 8.47. The first kappa shape index (κ1) is 14.1. The van der Waals surface area contributed by atoms with Crippen LogP contribution in [0.2, 0.25) is 10.0 Å². The van der Waals surface area contributed by atoms with E-state index >= 15 is 0 Å². The molecule has 1 nitrogen and oxygen atoms in total. The highest BCUT2D eigenvalue weighted by molar-refractivity contribution is 9.11. The topological polar surface area (TPSA) is 17.1 Å². The first-order valence-electron chi connectivity index (χ1n) is 4.93. The zero-order valence-electron chi connectivity index (χ0n) is 8.88. The molecule has 0 amide bonds. The molecule has 0 saturated heterocycles. The molecule has 0 radical (unpaired) electrons. The second kappa shape index (κ2) is 5.74. The van der Waals surface area contributed by atoms with E-state index in [0.29, 0.717) is 21.2 Å². The normalized spacial score (nSPS) is 10.4. The Kier molecular flexibility index (Phi) is 4.49. The molecule has 0 spiro atoms. The third-order valence-electron chi connectivity index (χ3n) is 2.30. The van der Waals surface area contributed by atoms with Crippen molar-refractivity contribution in [2.45, 2.75) is 0 Å². The number of ketones is 1. The molecule has 0 aliphatic heterocycles. The molecule has 0 unspecified atom stereocenters. The summed E-state index contributed by atoms with van der Waals surface area (Å²) in [4.78, 5) is 12.3. The highest BCUT2D eigenvalue weighted by Crippen LogP contribution is 2.26. The highest BCUT2D eigenvalue weighted by atomic mass is 79.9. The van der Waals surface area contributed by atoms with Crippen molar-refractivity contribution in [3.63, 3.8) is 0 Å². The molecule has 0 fully saturated rings. The van der Waals surface area contributed by atoms with Crippen LogP contribution in [0.5, 0.6) is 0 Å². The van der Waals surface area contributed by atoms with Crippen LogP contribution in [-0.4, -0.2) is 5.78 Å². The largest absolute Gasteiger partial charge is 0.289 e. The Balaban J connectivity index is 2.51. The summed E-state index contributed by atoms with van der Waals surface area (Å²) < 4.78 is 1.64. The van der Waals surface area contributed by atoms with Gasteiger partial charge in [0, 0.05) is 25.1 Å². The molecule has 0 bridgehead atoms.